The van der Waals surface area contributed by atoms with Gasteiger partial charge in [0.2, 0.25) is 0 Å². The van der Waals surface area contributed by atoms with Crippen LogP contribution >= 0.6 is 0 Å². The topological polar surface area (TPSA) is 25.2 Å². The molecule has 3 heteroatoms. The SMILES string of the molecule is O=C(c1ccccc1)N1CCn2cccc2C1c1ccccc1. The molecular weight excluding hydrogens is 284 g/mol. The molecule has 2 heterocycles. The minimum absolute atomic E-state index is 0.0346. The molecule has 2 aromatic carbocycles. The third-order valence-electron chi connectivity index (χ3n) is 4.44. The zero-order valence-corrected chi connectivity index (χ0v) is 12.8. The zero-order chi connectivity index (χ0) is 15.6. The minimum atomic E-state index is -0.0346. The van der Waals surface area contributed by atoms with E-state index in [1.165, 1.54) is 5.69 Å². The van der Waals surface area contributed by atoms with Crippen molar-refractivity contribution in [1.82, 2.24) is 9.47 Å². The first-order chi connectivity index (χ1) is 11.3. The van der Waals surface area contributed by atoms with Crippen molar-refractivity contribution in [2.45, 2.75) is 12.6 Å². The summed E-state index contributed by atoms with van der Waals surface area (Å²) >= 11 is 0. The van der Waals surface area contributed by atoms with Gasteiger partial charge in [-0.3, -0.25) is 4.79 Å². The molecule has 3 nitrogen and oxygen atoms in total. The average Bonchev–Trinajstić information content (AvgIpc) is 3.10. The Kier molecular flexibility index (Phi) is 3.46. The van der Waals surface area contributed by atoms with Crippen LogP contribution in [-0.2, 0) is 6.54 Å². The molecule has 114 valence electrons. The van der Waals surface area contributed by atoms with Crippen molar-refractivity contribution in [1.29, 1.82) is 0 Å². The van der Waals surface area contributed by atoms with Gasteiger partial charge in [0, 0.05) is 30.5 Å². The van der Waals surface area contributed by atoms with Crippen molar-refractivity contribution in [2.24, 2.45) is 0 Å². The highest BCUT2D eigenvalue weighted by atomic mass is 16.2. The summed E-state index contributed by atoms with van der Waals surface area (Å²) in [4.78, 5) is 15.0. The molecule has 4 rings (SSSR count). The fourth-order valence-corrected chi connectivity index (χ4v) is 3.33. The van der Waals surface area contributed by atoms with Gasteiger partial charge in [-0.1, -0.05) is 48.5 Å². The summed E-state index contributed by atoms with van der Waals surface area (Å²) in [6.07, 6.45) is 2.09. The second-order valence-electron chi connectivity index (χ2n) is 5.80. The van der Waals surface area contributed by atoms with Gasteiger partial charge < -0.3 is 9.47 Å². The molecule has 1 aromatic heterocycles. The first kappa shape index (κ1) is 13.8. The number of amides is 1. The van der Waals surface area contributed by atoms with Gasteiger partial charge in [0.1, 0.15) is 0 Å². The third-order valence-corrected chi connectivity index (χ3v) is 4.44. The highest BCUT2D eigenvalue weighted by molar-refractivity contribution is 5.94. The Morgan fingerprint density at radius 3 is 2.26 bits per heavy atom. The van der Waals surface area contributed by atoms with Crippen LogP contribution in [0.25, 0.3) is 0 Å². The van der Waals surface area contributed by atoms with Crippen LogP contribution in [0.4, 0.5) is 0 Å². The maximum absolute atomic E-state index is 13.0. The van der Waals surface area contributed by atoms with E-state index in [-0.39, 0.29) is 11.9 Å². The van der Waals surface area contributed by atoms with Gasteiger partial charge in [0.15, 0.2) is 0 Å². The summed E-state index contributed by atoms with van der Waals surface area (Å²) in [5.41, 5.74) is 3.07. The van der Waals surface area contributed by atoms with Crippen LogP contribution in [0.15, 0.2) is 79.0 Å². The van der Waals surface area contributed by atoms with E-state index in [0.29, 0.717) is 0 Å². The van der Waals surface area contributed by atoms with Crippen molar-refractivity contribution in [2.75, 3.05) is 6.54 Å². The molecule has 0 saturated carbocycles. The zero-order valence-electron chi connectivity index (χ0n) is 12.8. The molecule has 0 saturated heterocycles. The Labute approximate surface area is 135 Å². The van der Waals surface area contributed by atoms with Crippen LogP contribution in [0.5, 0.6) is 0 Å². The number of hydrogen-bond acceptors (Lipinski definition) is 1. The van der Waals surface area contributed by atoms with E-state index in [4.69, 9.17) is 0 Å². The first-order valence-electron chi connectivity index (χ1n) is 7.90. The van der Waals surface area contributed by atoms with Crippen LogP contribution in [-0.4, -0.2) is 21.9 Å². The molecule has 0 aliphatic carbocycles. The van der Waals surface area contributed by atoms with E-state index in [9.17, 15) is 4.79 Å². The summed E-state index contributed by atoms with van der Waals surface area (Å²) in [7, 11) is 0. The highest BCUT2D eigenvalue weighted by Crippen LogP contribution is 2.33. The van der Waals surface area contributed by atoms with Crippen LogP contribution in [0.2, 0.25) is 0 Å². The van der Waals surface area contributed by atoms with Crippen molar-refractivity contribution < 1.29 is 4.79 Å². The van der Waals surface area contributed by atoms with Gasteiger partial charge in [0.05, 0.1) is 6.04 Å². The van der Waals surface area contributed by atoms with E-state index in [1.807, 2.05) is 53.4 Å². The molecule has 0 fully saturated rings. The fourth-order valence-electron chi connectivity index (χ4n) is 3.33. The van der Waals surface area contributed by atoms with Crippen LogP contribution < -0.4 is 0 Å². The average molecular weight is 302 g/mol. The molecule has 0 radical (unpaired) electrons. The first-order valence-corrected chi connectivity index (χ1v) is 7.90. The van der Waals surface area contributed by atoms with Crippen molar-refractivity contribution in [3.05, 3.63) is 95.8 Å². The Bertz CT molecular complexity index is 808. The number of fused-ring (bicyclic) bond motifs is 1. The van der Waals surface area contributed by atoms with E-state index in [0.717, 1.165) is 24.2 Å². The smallest absolute Gasteiger partial charge is 0.254 e. The molecule has 1 unspecified atom stereocenters. The minimum Gasteiger partial charge on any atom is -0.348 e. The van der Waals surface area contributed by atoms with Crippen molar-refractivity contribution in [3.63, 3.8) is 0 Å². The third kappa shape index (κ3) is 2.44. The highest BCUT2D eigenvalue weighted by Gasteiger charge is 2.32. The van der Waals surface area contributed by atoms with E-state index in [2.05, 4.69) is 35.0 Å². The number of aromatic nitrogens is 1. The number of benzene rings is 2. The van der Waals surface area contributed by atoms with Crippen molar-refractivity contribution >= 4 is 5.91 Å². The molecule has 1 atom stereocenters. The fraction of sp³-hybridized carbons (Fsp3) is 0.150. The Morgan fingerprint density at radius 2 is 1.52 bits per heavy atom. The molecular formula is C20H18N2O. The summed E-state index contributed by atoms with van der Waals surface area (Å²) < 4.78 is 2.24. The van der Waals surface area contributed by atoms with Crippen LogP contribution in [0.1, 0.15) is 27.7 Å². The lowest BCUT2D eigenvalue weighted by Crippen LogP contribution is -2.42. The Morgan fingerprint density at radius 1 is 0.826 bits per heavy atom. The molecule has 1 amide bonds. The summed E-state index contributed by atoms with van der Waals surface area (Å²) in [5.74, 6) is 0.0897. The second kappa shape index (κ2) is 5.76. The van der Waals surface area contributed by atoms with Gasteiger partial charge in [-0.2, -0.15) is 0 Å². The normalized spacial score (nSPS) is 16.9. The van der Waals surface area contributed by atoms with Crippen LogP contribution in [0.3, 0.4) is 0 Å². The number of nitrogens with zero attached hydrogens (tertiary/aromatic N) is 2. The predicted octanol–water partition coefficient (Wildman–Crippen LogP) is 3.73. The predicted molar refractivity (Wildman–Crippen MR) is 90.2 cm³/mol. The number of carbonyl (C=O) groups excluding carboxylic acids is 1. The number of hydrogen-bond donors (Lipinski definition) is 0. The summed E-state index contributed by atoms with van der Waals surface area (Å²) in [6.45, 7) is 1.55. The van der Waals surface area contributed by atoms with Crippen LogP contribution in [0, 0.1) is 0 Å². The van der Waals surface area contributed by atoms with Gasteiger partial charge in [-0.05, 0) is 29.8 Å². The Hall–Kier alpha value is -2.81. The van der Waals surface area contributed by atoms with E-state index in [1.54, 1.807) is 0 Å². The maximum atomic E-state index is 13.0. The monoisotopic (exact) mass is 302 g/mol. The Balaban J connectivity index is 1.78. The largest absolute Gasteiger partial charge is 0.348 e. The molecule has 23 heavy (non-hydrogen) atoms. The maximum Gasteiger partial charge on any atom is 0.254 e. The molecule has 1 aliphatic rings. The number of rotatable bonds is 2. The molecule has 3 aromatic rings. The van der Waals surface area contributed by atoms with Crippen molar-refractivity contribution in [3.8, 4) is 0 Å². The number of carbonyl (C=O) groups is 1. The van der Waals surface area contributed by atoms with Gasteiger partial charge in [-0.15, -0.1) is 0 Å². The second-order valence-corrected chi connectivity index (χ2v) is 5.80. The standard InChI is InChI=1S/C20H18N2O/c23-20(17-10-5-2-6-11-17)22-15-14-21-13-7-12-18(21)19(22)16-8-3-1-4-9-16/h1-13,19H,14-15H2. The summed E-state index contributed by atoms with van der Waals surface area (Å²) in [6, 6.07) is 23.9. The van der Waals surface area contributed by atoms with Gasteiger partial charge >= 0.3 is 0 Å². The van der Waals surface area contributed by atoms with Gasteiger partial charge in [0.25, 0.3) is 5.91 Å². The lowest BCUT2D eigenvalue weighted by molar-refractivity contribution is 0.0664. The molecule has 0 spiro atoms. The molecule has 0 N–H and O–H groups in total. The van der Waals surface area contributed by atoms with E-state index >= 15 is 0 Å². The summed E-state index contributed by atoms with van der Waals surface area (Å²) in [5, 5.41) is 0. The molecule has 1 aliphatic heterocycles. The van der Waals surface area contributed by atoms with Gasteiger partial charge in [-0.25, -0.2) is 0 Å². The lowest BCUT2D eigenvalue weighted by atomic mass is 9.99. The molecule has 0 bridgehead atoms. The van der Waals surface area contributed by atoms with E-state index < -0.39 is 0 Å². The lowest BCUT2D eigenvalue weighted by Gasteiger charge is -2.37. The quantitative estimate of drug-likeness (QED) is 0.708.